The first-order valence-corrected chi connectivity index (χ1v) is 13.0. The van der Waals surface area contributed by atoms with E-state index in [1.165, 1.54) is 16.9 Å². The van der Waals surface area contributed by atoms with E-state index in [4.69, 9.17) is 0 Å². The Balaban J connectivity index is 1.54. The molecule has 3 aromatic rings. The van der Waals surface area contributed by atoms with Crippen LogP contribution in [0.5, 0.6) is 0 Å². The van der Waals surface area contributed by atoms with E-state index in [1.54, 1.807) is 16.2 Å². The van der Waals surface area contributed by atoms with Gasteiger partial charge >= 0.3 is 0 Å². The van der Waals surface area contributed by atoms with Gasteiger partial charge in [0.2, 0.25) is 5.91 Å². The van der Waals surface area contributed by atoms with Gasteiger partial charge in [-0.2, -0.15) is 0 Å². The van der Waals surface area contributed by atoms with E-state index in [1.807, 2.05) is 13.0 Å². The van der Waals surface area contributed by atoms with Gasteiger partial charge in [0.05, 0.1) is 16.8 Å². The van der Waals surface area contributed by atoms with Crippen LogP contribution < -0.4 is 5.32 Å². The number of nitrogens with zero attached hydrogens (tertiary/aromatic N) is 2. The van der Waals surface area contributed by atoms with Crippen molar-refractivity contribution in [1.82, 2.24) is 14.8 Å². The largest absolute Gasteiger partial charge is 0.351 e. The molecule has 2 aliphatic rings. The van der Waals surface area contributed by atoms with Crippen LogP contribution in [-0.2, 0) is 24.3 Å². The molecule has 1 saturated carbocycles. The number of fused-ring (bicyclic) bond motifs is 3. The Hall–Kier alpha value is -2.60. The average molecular weight is 464 g/mol. The highest BCUT2D eigenvalue weighted by molar-refractivity contribution is 7.19. The van der Waals surface area contributed by atoms with Crippen molar-refractivity contribution in [3.05, 3.63) is 58.1 Å². The second-order valence-electron chi connectivity index (χ2n) is 9.89. The first kappa shape index (κ1) is 22.2. The topological polar surface area (TPSA) is 54.3 Å². The van der Waals surface area contributed by atoms with E-state index < -0.39 is 5.54 Å². The van der Waals surface area contributed by atoms with Crippen LogP contribution in [0.4, 0.5) is 0 Å². The molecule has 33 heavy (non-hydrogen) atoms. The number of rotatable bonds is 5. The van der Waals surface area contributed by atoms with E-state index in [9.17, 15) is 9.59 Å². The summed E-state index contributed by atoms with van der Waals surface area (Å²) in [5, 5.41) is 3.32. The quantitative estimate of drug-likeness (QED) is 0.548. The predicted octanol–water partition coefficient (Wildman–Crippen LogP) is 5.44. The molecule has 1 aliphatic carbocycles. The van der Waals surface area contributed by atoms with Gasteiger partial charge in [-0.3, -0.25) is 9.59 Å². The maximum atomic E-state index is 13.9. The third-order valence-corrected chi connectivity index (χ3v) is 8.62. The molecule has 0 spiro atoms. The van der Waals surface area contributed by atoms with Crippen molar-refractivity contribution in [2.24, 2.45) is 0 Å². The van der Waals surface area contributed by atoms with Gasteiger partial charge in [0.15, 0.2) is 0 Å². The zero-order valence-corrected chi connectivity index (χ0v) is 20.6. The minimum absolute atomic E-state index is 0.0340. The molecular weight excluding hydrogens is 430 g/mol. The Morgan fingerprint density at radius 2 is 1.88 bits per heavy atom. The fourth-order valence-corrected chi connectivity index (χ4v) is 6.32. The summed E-state index contributed by atoms with van der Waals surface area (Å²) in [4.78, 5) is 30.8. The molecule has 0 radical (unpaired) electrons. The third kappa shape index (κ3) is 3.99. The summed E-state index contributed by atoms with van der Waals surface area (Å²) in [7, 11) is 0. The van der Waals surface area contributed by atoms with Crippen LogP contribution >= 0.6 is 11.3 Å². The molecule has 2 amide bonds. The summed E-state index contributed by atoms with van der Waals surface area (Å²) in [6, 6.07) is 12.7. The highest BCUT2D eigenvalue weighted by atomic mass is 32.1. The smallest absolute Gasteiger partial charge is 0.271 e. The Kier molecular flexibility index (Phi) is 5.81. The molecular formula is C27H33N3O2S. The Bertz CT molecular complexity index is 1190. The highest BCUT2D eigenvalue weighted by Crippen LogP contribution is 2.37. The van der Waals surface area contributed by atoms with Crippen LogP contribution in [0.15, 0.2) is 36.4 Å². The highest BCUT2D eigenvalue weighted by Gasteiger charge is 2.48. The second-order valence-corrected chi connectivity index (χ2v) is 11.1. The van der Waals surface area contributed by atoms with E-state index in [-0.39, 0.29) is 17.9 Å². The lowest BCUT2D eigenvalue weighted by Gasteiger charge is -2.45. The van der Waals surface area contributed by atoms with Crippen LogP contribution in [0.25, 0.3) is 10.2 Å². The zero-order chi connectivity index (χ0) is 23.2. The molecule has 1 fully saturated rings. The number of nitrogens with one attached hydrogen (secondary N) is 1. The number of benzene rings is 1. The van der Waals surface area contributed by atoms with E-state index in [0.717, 1.165) is 47.9 Å². The Morgan fingerprint density at radius 3 is 2.58 bits per heavy atom. The van der Waals surface area contributed by atoms with Gasteiger partial charge in [0, 0.05) is 17.5 Å². The maximum absolute atomic E-state index is 13.9. The van der Waals surface area contributed by atoms with Gasteiger partial charge in [0.25, 0.3) is 5.91 Å². The summed E-state index contributed by atoms with van der Waals surface area (Å²) in [6.07, 6.45) is 6.58. The van der Waals surface area contributed by atoms with Crippen molar-refractivity contribution in [2.75, 3.05) is 0 Å². The van der Waals surface area contributed by atoms with Crippen molar-refractivity contribution >= 4 is 33.4 Å². The average Bonchev–Trinajstić information content (AvgIpc) is 3.37. The van der Waals surface area contributed by atoms with Crippen LogP contribution in [0, 0.1) is 6.92 Å². The normalized spacial score (nSPS) is 21.4. The van der Waals surface area contributed by atoms with Gasteiger partial charge in [-0.25, -0.2) is 0 Å². The van der Waals surface area contributed by atoms with Crippen molar-refractivity contribution in [2.45, 2.75) is 84.0 Å². The van der Waals surface area contributed by atoms with E-state index in [2.05, 4.69) is 54.1 Å². The van der Waals surface area contributed by atoms with Crippen molar-refractivity contribution in [1.29, 1.82) is 0 Å². The summed E-state index contributed by atoms with van der Waals surface area (Å²) in [6.45, 7) is 7.05. The van der Waals surface area contributed by atoms with E-state index in [0.29, 0.717) is 18.8 Å². The number of thiophene rings is 1. The summed E-state index contributed by atoms with van der Waals surface area (Å²) < 4.78 is 3.21. The fourth-order valence-electron chi connectivity index (χ4n) is 5.27. The van der Waals surface area contributed by atoms with Crippen molar-refractivity contribution in [3.63, 3.8) is 0 Å². The number of amides is 2. The first-order chi connectivity index (χ1) is 15.9. The molecule has 1 aliphatic heterocycles. The van der Waals surface area contributed by atoms with Gasteiger partial charge in [-0.15, -0.1) is 11.3 Å². The minimum Gasteiger partial charge on any atom is -0.351 e. The lowest BCUT2D eigenvalue weighted by atomic mass is 9.91. The molecule has 1 N–H and O–H groups in total. The summed E-state index contributed by atoms with van der Waals surface area (Å²) >= 11 is 1.74. The molecule has 1 aromatic carbocycles. The molecule has 0 bridgehead atoms. The minimum atomic E-state index is -0.952. The Labute approximate surface area is 199 Å². The fraction of sp³-hybridized carbons (Fsp3) is 0.481. The molecule has 5 nitrogen and oxygen atoms in total. The monoisotopic (exact) mass is 463 g/mol. The summed E-state index contributed by atoms with van der Waals surface area (Å²) in [5.74, 6) is -0.0992. The SMILES string of the molecule is CCc1cc2c(cc3n2C[C@](C)(C(=O)NC2CCCCC2)N(Cc2ccc(C)cc2)C3=O)s1. The second kappa shape index (κ2) is 8.64. The molecule has 0 saturated heterocycles. The lowest BCUT2D eigenvalue weighted by Crippen LogP contribution is -2.64. The lowest BCUT2D eigenvalue weighted by molar-refractivity contribution is -0.134. The maximum Gasteiger partial charge on any atom is 0.271 e. The molecule has 2 aromatic heterocycles. The molecule has 6 heteroatoms. The Morgan fingerprint density at radius 1 is 1.15 bits per heavy atom. The molecule has 3 heterocycles. The molecule has 1 atom stereocenters. The number of aromatic nitrogens is 1. The van der Waals surface area contributed by atoms with Gasteiger partial charge < -0.3 is 14.8 Å². The van der Waals surface area contributed by atoms with Crippen LogP contribution in [0.2, 0.25) is 0 Å². The first-order valence-electron chi connectivity index (χ1n) is 12.2. The summed E-state index contributed by atoms with van der Waals surface area (Å²) in [5.41, 5.74) is 3.04. The standard InChI is InChI=1S/C27H33N3O2S/c1-4-21-14-22-24(33-21)15-23-25(31)30(16-19-12-10-18(2)11-13-19)27(3,17-29(22)23)26(32)28-20-8-6-5-7-9-20/h10-15,20H,4-9,16-17H2,1-3H3,(H,28,32)/t27-/m1/s1. The number of carbonyl (C=O) groups excluding carboxylic acids is 2. The number of hydrogen-bond acceptors (Lipinski definition) is 3. The van der Waals surface area contributed by atoms with Crippen molar-refractivity contribution in [3.8, 4) is 0 Å². The van der Waals surface area contributed by atoms with Crippen molar-refractivity contribution < 1.29 is 9.59 Å². The number of aryl methyl sites for hydroxylation is 2. The number of hydrogen-bond donors (Lipinski definition) is 1. The van der Waals surface area contributed by atoms with Crippen LogP contribution in [0.1, 0.15) is 72.4 Å². The van der Waals surface area contributed by atoms with Gasteiger partial charge in [-0.1, -0.05) is 56.0 Å². The van der Waals surface area contributed by atoms with Crippen LogP contribution in [-0.4, -0.2) is 32.9 Å². The molecule has 0 unspecified atom stereocenters. The van der Waals surface area contributed by atoms with Gasteiger partial charge in [-0.05, 0) is 50.8 Å². The predicted molar refractivity (Wildman–Crippen MR) is 134 cm³/mol. The zero-order valence-electron chi connectivity index (χ0n) is 19.8. The molecule has 174 valence electrons. The third-order valence-electron chi connectivity index (χ3n) is 7.41. The van der Waals surface area contributed by atoms with E-state index >= 15 is 0 Å². The van der Waals surface area contributed by atoms with Crippen LogP contribution in [0.3, 0.4) is 0 Å². The number of carbonyl (C=O) groups is 2. The molecule has 5 rings (SSSR count). The van der Waals surface area contributed by atoms with Gasteiger partial charge in [0.1, 0.15) is 11.2 Å².